The second-order valence-electron chi connectivity index (χ2n) is 6.08. The van der Waals surface area contributed by atoms with Gasteiger partial charge in [-0.05, 0) is 32.8 Å². The monoisotopic (exact) mass is 293 g/mol. The lowest BCUT2D eigenvalue weighted by Crippen LogP contribution is -2.45. The molecule has 0 aromatic heterocycles. The molecule has 20 heavy (non-hydrogen) atoms. The molecule has 0 aliphatic carbocycles. The van der Waals surface area contributed by atoms with Gasteiger partial charge in [-0.15, -0.1) is 0 Å². The van der Waals surface area contributed by atoms with Crippen LogP contribution in [0.25, 0.3) is 0 Å². The van der Waals surface area contributed by atoms with Gasteiger partial charge < -0.3 is 5.11 Å². The van der Waals surface area contributed by atoms with Gasteiger partial charge in [-0.3, -0.25) is 4.90 Å². The first-order chi connectivity index (χ1) is 9.47. The summed E-state index contributed by atoms with van der Waals surface area (Å²) in [6.07, 6.45) is 0.482. The highest BCUT2D eigenvalue weighted by Crippen LogP contribution is 2.26. The zero-order chi connectivity index (χ0) is 14.7. The Kier molecular flexibility index (Phi) is 5.53. The number of rotatable bonds is 4. The van der Waals surface area contributed by atoms with Crippen molar-refractivity contribution in [2.24, 2.45) is 0 Å². The third-order valence-electron chi connectivity index (χ3n) is 4.33. The highest BCUT2D eigenvalue weighted by atomic mass is 32.2. The molecule has 112 valence electrons. The molecule has 1 aromatic rings. The number of benzene rings is 1. The first-order valence-electron chi connectivity index (χ1n) is 7.59. The van der Waals surface area contributed by atoms with Crippen LogP contribution in [0.1, 0.15) is 43.1 Å². The number of aliphatic hydroxyl groups is 1. The van der Waals surface area contributed by atoms with E-state index >= 15 is 0 Å². The first-order valence-corrected chi connectivity index (χ1v) is 8.64. The minimum atomic E-state index is -0.342. The van der Waals surface area contributed by atoms with Gasteiger partial charge >= 0.3 is 0 Å². The van der Waals surface area contributed by atoms with Crippen LogP contribution in [-0.4, -0.2) is 40.1 Å². The van der Waals surface area contributed by atoms with E-state index in [-0.39, 0.29) is 6.10 Å². The molecule has 0 saturated carbocycles. The second-order valence-corrected chi connectivity index (χ2v) is 7.56. The summed E-state index contributed by atoms with van der Waals surface area (Å²) in [5, 5.41) is 11.1. The standard InChI is InChI=1S/C17H27NOS/c1-12-9-13(2)11-16(10-12)17(19)5-6-18-7-8-20-15(4)14(18)3/h9-11,14-15,17,19H,5-8H2,1-4H3. The van der Waals surface area contributed by atoms with E-state index in [1.165, 1.54) is 16.9 Å². The van der Waals surface area contributed by atoms with Crippen molar-refractivity contribution >= 4 is 11.8 Å². The lowest BCUT2D eigenvalue weighted by Gasteiger charge is -2.37. The van der Waals surface area contributed by atoms with Crippen molar-refractivity contribution < 1.29 is 5.11 Å². The molecule has 1 N–H and O–H groups in total. The van der Waals surface area contributed by atoms with Crippen molar-refractivity contribution in [3.8, 4) is 0 Å². The van der Waals surface area contributed by atoms with Gasteiger partial charge in [-0.1, -0.05) is 36.2 Å². The number of hydrogen-bond acceptors (Lipinski definition) is 3. The minimum Gasteiger partial charge on any atom is -0.388 e. The summed E-state index contributed by atoms with van der Waals surface area (Å²) in [7, 11) is 0. The molecule has 1 heterocycles. The van der Waals surface area contributed by atoms with Gasteiger partial charge in [-0.25, -0.2) is 0 Å². The highest BCUT2D eigenvalue weighted by molar-refractivity contribution is 8.00. The van der Waals surface area contributed by atoms with Gasteiger partial charge in [0.05, 0.1) is 6.10 Å². The summed E-state index contributed by atoms with van der Waals surface area (Å²) in [4.78, 5) is 2.52. The lowest BCUT2D eigenvalue weighted by atomic mass is 10.0. The largest absolute Gasteiger partial charge is 0.388 e. The molecule has 0 amide bonds. The fraction of sp³-hybridized carbons (Fsp3) is 0.647. The molecule has 3 unspecified atom stereocenters. The molecule has 2 nitrogen and oxygen atoms in total. The fourth-order valence-corrected chi connectivity index (χ4v) is 4.13. The van der Waals surface area contributed by atoms with E-state index in [0.29, 0.717) is 11.3 Å². The molecular weight excluding hydrogens is 266 g/mol. The van der Waals surface area contributed by atoms with Crippen molar-refractivity contribution in [1.82, 2.24) is 4.90 Å². The number of aliphatic hydroxyl groups excluding tert-OH is 1. The molecule has 2 rings (SSSR count). The highest BCUT2D eigenvalue weighted by Gasteiger charge is 2.25. The van der Waals surface area contributed by atoms with Gasteiger partial charge in [0.15, 0.2) is 0 Å². The Bertz CT molecular complexity index is 428. The summed E-state index contributed by atoms with van der Waals surface area (Å²) in [5.74, 6) is 1.21. The van der Waals surface area contributed by atoms with Crippen molar-refractivity contribution in [3.63, 3.8) is 0 Å². The zero-order valence-electron chi connectivity index (χ0n) is 13.1. The first kappa shape index (κ1) is 15.9. The van der Waals surface area contributed by atoms with Crippen LogP contribution >= 0.6 is 11.8 Å². The number of nitrogens with zero attached hydrogens (tertiary/aromatic N) is 1. The Labute approximate surface area is 127 Å². The number of hydrogen-bond donors (Lipinski definition) is 1. The van der Waals surface area contributed by atoms with E-state index in [1.807, 2.05) is 0 Å². The quantitative estimate of drug-likeness (QED) is 0.918. The van der Waals surface area contributed by atoms with E-state index in [0.717, 1.165) is 25.1 Å². The van der Waals surface area contributed by atoms with E-state index in [4.69, 9.17) is 0 Å². The van der Waals surface area contributed by atoms with Gasteiger partial charge in [0.2, 0.25) is 0 Å². The molecule has 1 saturated heterocycles. The van der Waals surface area contributed by atoms with Crippen LogP contribution in [0.5, 0.6) is 0 Å². The maximum atomic E-state index is 10.4. The van der Waals surface area contributed by atoms with Crippen LogP contribution in [0.15, 0.2) is 18.2 Å². The molecule has 1 aromatic carbocycles. The normalized spacial score (nSPS) is 25.6. The predicted octanol–water partition coefficient (Wildman–Crippen LogP) is 3.55. The Balaban J connectivity index is 1.92. The summed E-state index contributed by atoms with van der Waals surface area (Å²) >= 11 is 2.06. The Morgan fingerprint density at radius 2 is 1.90 bits per heavy atom. The molecular formula is C17H27NOS. The van der Waals surface area contributed by atoms with E-state index in [2.05, 4.69) is 62.6 Å². The topological polar surface area (TPSA) is 23.5 Å². The molecule has 0 spiro atoms. The van der Waals surface area contributed by atoms with Crippen LogP contribution in [0, 0.1) is 13.8 Å². The maximum Gasteiger partial charge on any atom is 0.0802 e. The lowest BCUT2D eigenvalue weighted by molar-refractivity contribution is 0.128. The molecule has 1 aliphatic rings. The van der Waals surface area contributed by atoms with Crippen molar-refractivity contribution in [2.75, 3.05) is 18.8 Å². The van der Waals surface area contributed by atoms with Crippen LogP contribution in [-0.2, 0) is 0 Å². The molecule has 3 atom stereocenters. The summed E-state index contributed by atoms with van der Waals surface area (Å²) in [6.45, 7) is 10.9. The number of thioether (sulfide) groups is 1. The van der Waals surface area contributed by atoms with Crippen LogP contribution in [0.2, 0.25) is 0 Å². The van der Waals surface area contributed by atoms with Gasteiger partial charge in [-0.2, -0.15) is 11.8 Å². The molecule has 1 aliphatic heterocycles. The Morgan fingerprint density at radius 3 is 2.55 bits per heavy atom. The van der Waals surface area contributed by atoms with Gasteiger partial charge in [0.1, 0.15) is 0 Å². The Hall–Kier alpha value is -0.510. The van der Waals surface area contributed by atoms with Crippen molar-refractivity contribution in [2.45, 2.75) is 51.5 Å². The smallest absolute Gasteiger partial charge is 0.0802 e. The average Bonchev–Trinajstić information content (AvgIpc) is 2.39. The summed E-state index contributed by atoms with van der Waals surface area (Å²) in [6, 6.07) is 6.98. The molecule has 1 fully saturated rings. The van der Waals surface area contributed by atoms with E-state index in [1.54, 1.807) is 0 Å². The maximum absolute atomic E-state index is 10.4. The van der Waals surface area contributed by atoms with Gasteiger partial charge in [0.25, 0.3) is 0 Å². The minimum absolute atomic E-state index is 0.342. The van der Waals surface area contributed by atoms with Gasteiger partial charge in [0, 0.05) is 30.1 Å². The van der Waals surface area contributed by atoms with Crippen LogP contribution < -0.4 is 0 Å². The number of aryl methyl sites for hydroxylation is 2. The zero-order valence-corrected chi connectivity index (χ0v) is 13.9. The molecule has 0 radical (unpaired) electrons. The molecule has 0 bridgehead atoms. The summed E-state index contributed by atoms with van der Waals surface area (Å²) in [5.41, 5.74) is 3.53. The third kappa shape index (κ3) is 4.00. The average molecular weight is 293 g/mol. The second kappa shape index (κ2) is 6.97. The van der Waals surface area contributed by atoms with Crippen molar-refractivity contribution in [3.05, 3.63) is 34.9 Å². The predicted molar refractivity (Wildman–Crippen MR) is 88.4 cm³/mol. The Morgan fingerprint density at radius 1 is 1.25 bits per heavy atom. The van der Waals surface area contributed by atoms with Crippen molar-refractivity contribution in [1.29, 1.82) is 0 Å². The SMILES string of the molecule is Cc1cc(C)cc(C(O)CCN2CCSC(C)C2C)c1. The fourth-order valence-electron chi connectivity index (χ4n) is 2.97. The summed E-state index contributed by atoms with van der Waals surface area (Å²) < 4.78 is 0. The third-order valence-corrected chi connectivity index (χ3v) is 5.67. The van der Waals surface area contributed by atoms with Crippen LogP contribution in [0.4, 0.5) is 0 Å². The van der Waals surface area contributed by atoms with E-state index in [9.17, 15) is 5.11 Å². The van der Waals surface area contributed by atoms with E-state index < -0.39 is 0 Å². The van der Waals surface area contributed by atoms with Crippen LogP contribution in [0.3, 0.4) is 0 Å². The molecule has 3 heteroatoms.